The molecule has 100 valence electrons. The smallest absolute Gasteiger partial charge is 0.407 e. The molecule has 0 saturated carbocycles. The molecule has 2 aromatic rings. The van der Waals surface area contributed by atoms with E-state index in [1.165, 1.54) is 4.90 Å². The van der Waals surface area contributed by atoms with Gasteiger partial charge in [-0.2, -0.15) is 0 Å². The van der Waals surface area contributed by atoms with Gasteiger partial charge in [-0.1, -0.05) is 0 Å². The highest BCUT2D eigenvalue weighted by molar-refractivity contribution is 9.10. The molecule has 3 rings (SSSR count). The van der Waals surface area contributed by atoms with Crippen LogP contribution in [0.3, 0.4) is 0 Å². The summed E-state index contributed by atoms with van der Waals surface area (Å²) in [7, 11) is 0. The Labute approximate surface area is 117 Å². The third-order valence-corrected chi connectivity index (χ3v) is 3.59. The number of carbonyl (C=O) groups is 1. The number of halogens is 1. The maximum Gasteiger partial charge on any atom is 0.407 e. The van der Waals surface area contributed by atoms with Gasteiger partial charge < -0.3 is 19.1 Å². The van der Waals surface area contributed by atoms with E-state index >= 15 is 0 Å². The maximum absolute atomic E-state index is 10.9. The van der Waals surface area contributed by atoms with Gasteiger partial charge in [-0.25, -0.2) is 9.78 Å². The average Bonchev–Trinajstić information content (AvgIpc) is 2.96. The van der Waals surface area contributed by atoms with Crippen LogP contribution in [0.1, 0.15) is 6.42 Å². The zero-order chi connectivity index (χ0) is 13.4. The van der Waals surface area contributed by atoms with Crippen LogP contribution in [0.15, 0.2) is 29.3 Å². The lowest BCUT2D eigenvalue weighted by Crippen LogP contribution is -2.29. The Morgan fingerprint density at radius 2 is 2.42 bits per heavy atom. The molecule has 0 radical (unpaired) electrons. The summed E-state index contributed by atoms with van der Waals surface area (Å²) in [5.41, 5.74) is 0.872. The number of rotatable bonds is 2. The Kier molecular flexibility index (Phi) is 3.06. The number of imidazole rings is 1. The highest BCUT2D eigenvalue weighted by atomic mass is 79.9. The lowest BCUT2D eigenvalue weighted by Gasteiger charge is -2.15. The van der Waals surface area contributed by atoms with Crippen molar-refractivity contribution in [3.8, 4) is 5.75 Å². The van der Waals surface area contributed by atoms with Crippen LogP contribution in [0, 0.1) is 0 Å². The molecule has 7 heteroatoms. The van der Waals surface area contributed by atoms with Crippen molar-refractivity contribution in [1.29, 1.82) is 0 Å². The second kappa shape index (κ2) is 4.73. The first-order chi connectivity index (χ1) is 9.13. The molecule has 1 atom stereocenters. The summed E-state index contributed by atoms with van der Waals surface area (Å²) < 4.78 is 8.67. The zero-order valence-electron chi connectivity index (χ0n) is 9.99. The summed E-state index contributed by atoms with van der Waals surface area (Å²) in [6.45, 7) is 0.922. The Bertz CT molecular complexity index is 628. The van der Waals surface area contributed by atoms with Crippen LogP contribution >= 0.6 is 15.9 Å². The zero-order valence-corrected chi connectivity index (χ0v) is 11.6. The molecule has 0 aromatic carbocycles. The van der Waals surface area contributed by atoms with Gasteiger partial charge in [-0.05, 0) is 22.0 Å². The van der Waals surface area contributed by atoms with Crippen LogP contribution in [0.4, 0.5) is 4.79 Å². The van der Waals surface area contributed by atoms with Gasteiger partial charge in [0.25, 0.3) is 0 Å². The number of hydrogen-bond donors (Lipinski definition) is 1. The molecule has 3 heterocycles. The molecule has 2 aromatic heterocycles. The number of fused-ring (bicyclic) bond motifs is 1. The minimum Gasteiger partial charge on any atom is -0.486 e. The molecule has 0 aliphatic carbocycles. The topological polar surface area (TPSA) is 67.1 Å². The van der Waals surface area contributed by atoms with Crippen molar-refractivity contribution in [3.63, 3.8) is 0 Å². The van der Waals surface area contributed by atoms with Crippen LogP contribution in [0.25, 0.3) is 5.52 Å². The summed E-state index contributed by atoms with van der Waals surface area (Å²) in [4.78, 5) is 16.3. The lowest BCUT2D eigenvalue weighted by molar-refractivity contribution is 0.146. The summed E-state index contributed by atoms with van der Waals surface area (Å²) in [5, 5.41) is 8.93. The van der Waals surface area contributed by atoms with E-state index in [1.807, 2.05) is 16.7 Å². The molecule has 1 saturated heterocycles. The second-order valence-corrected chi connectivity index (χ2v) is 5.38. The van der Waals surface area contributed by atoms with Crippen LogP contribution in [0.2, 0.25) is 0 Å². The standard InChI is InChI=1S/C12H12BrN3O3/c13-8-3-11(10-4-14-7-16(10)5-8)19-9-1-2-15(6-9)12(17)18/h3-5,7,9H,1-2,6H2,(H,17,18)/t9-/m0/s1. The average molecular weight is 326 g/mol. The van der Waals surface area contributed by atoms with Crippen molar-refractivity contribution >= 4 is 27.5 Å². The van der Waals surface area contributed by atoms with Crippen molar-refractivity contribution in [2.24, 2.45) is 0 Å². The number of amides is 1. The Hall–Kier alpha value is -1.76. The molecule has 0 unspecified atom stereocenters. The number of nitrogens with zero attached hydrogens (tertiary/aromatic N) is 3. The maximum atomic E-state index is 10.9. The number of pyridine rings is 1. The number of aromatic nitrogens is 2. The summed E-state index contributed by atoms with van der Waals surface area (Å²) in [5.74, 6) is 0.712. The SMILES string of the molecule is O=C(O)N1CC[C@H](Oc2cc(Br)cn3cncc23)C1. The molecule has 6 nitrogen and oxygen atoms in total. The van der Waals surface area contributed by atoms with E-state index in [0.29, 0.717) is 25.3 Å². The van der Waals surface area contributed by atoms with Crippen LogP contribution < -0.4 is 4.74 Å². The fourth-order valence-electron chi connectivity index (χ4n) is 2.24. The number of ether oxygens (including phenoxy) is 1. The van der Waals surface area contributed by atoms with Crippen LogP contribution in [0.5, 0.6) is 5.75 Å². The first kappa shape index (κ1) is 12.3. The van der Waals surface area contributed by atoms with Gasteiger partial charge in [0.1, 0.15) is 17.4 Å². The number of carboxylic acid groups (broad SMARTS) is 1. The van der Waals surface area contributed by atoms with Gasteiger partial charge in [0, 0.05) is 23.6 Å². The van der Waals surface area contributed by atoms with E-state index in [9.17, 15) is 4.79 Å². The van der Waals surface area contributed by atoms with Gasteiger partial charge in [-0.15, -0.1) is 0 Å². The Morgan fingerprint density at radius 1 is 1.58 bits per heavy atom. The minimum atomic E-state index is -0.894. The van der Waals surface area contributed by atoms with Crippen molar-refractivity contribution in [2.45, 2.75) is 12.5 Å². The fourth-order valence-corrected chi connectivity index (χ4v) is 2.67. The van der Waals surface area contributed by atoms with E-state index < -0.39 is 6.09 Å². The number of likely N-dealkylation sites (tertiary alicyclic amines) is 1. The van der Waals surface area contributed by atoms with E-state index in [0.717, 1.165) is 9.99 Å². The third-order valence-electron chi connectivity index (χ3n) is 3.16. The summed E-state index contributed by atoms with van der Waals surface area (Å²) in [6.07, 6.45) is 5.03. The van der Waals surface area contributed by atoms with Crippen molar-refractivity contribution < 1.29 is 14.6 Å². The van der Waals surface area contributed by atoms with Gasteiger partial charge in [-0.3, -0.25) is 0 Å². The molecule has 19 heavy (non-hydrogen) atoms. The van der Waals surface area contributed by atoms with E-state index in [-0.39, 0.29) is 6.10 Å². The largest absolute Gasteiger partial charge is 0.486 e. The van der Waals surface area contributed by atoms with Crippen LogP contribution in [-0.2, 0) is 0 Å². The second-order valence-electron chi connectivity index (χ2n) is 4.47. The highest BCUT2D eigenvalue weighted by Crippen LogP contribution is 2.27. The van der Waals surface area contributed by atoms with Crippen LogP contribution in [-0.4, -0.2) is 44.7 Å². The lowest BCUT2D eigenvalue weighted by atomic mass is 10.3. The third kappa shape index (κ3) is 2.37. The van der Waals surface area contributed by atoms with Crippen molar-refractivity contribution in [2.75, 3.05) is 13.1 Å². The normalized spacial score (nSPS) is 19.0. The van der Waals surface area contributed by atoms with Gasteiger partial charge in [0.15, 0.2) is 0 Å². The Morgan fingerprint density at radius 3 is 3.16 bits per heavy atom. The fraction of sp³-hybridized carbons (Fsp3) is 0.333. The molecule has 0 spiro atoms. The number of hydrogen-bond acceptors (Lipinski definition) is 3. The molecule has 1 amide bonds. The van der Waals surface area contributed by atoms with E-state index in [4.69, 9.17) is 9.84 Å². The van der Waals surface area contributed by atoms with Gasteiger partial charge in [0.05, 0.1) is 19.1 Å². The minimum absolute atomic E-state index is 0.107. The molecular formula is C12H12BrN3O3. The highest BCUT2D eigenvalue weighted by Gasteiger charge is 2.27. The molecule has 1 aliphatic heterocycles. The predicted molar refractivity (Wildman–Crippen MR) is 71.5 cm³/mol. The van der Waals surface area contributed by atoms with Crippen molar-refractivity contribution in [3.05, 3.63) is 29.3 Å². The molecule has 1 aliphatic rings. The molecule has 0 bridgehead atoms. The molecule has 1 N–H and O–H groups in total. The van der Waals surface area contributed by atoms with E-state index in [2.05, 4.69) is 20.9 Å². The first-order valence-electron chi connectivity index (χ1n) is 5.89. The van der Waals surface area contributed by atoms with Gasteiger partial charge in [0.2, 0.25) is 0 Å². The first-order valence-corrected chi connectivity index (χ1v) is 6.68. The predicted octanol–water partition coefficient (Wildman–Crippen LogP) is 2.23. The summed E-state index contributed by atoms with van der Waals surface area (Å²) in [6, 6.07) is 1.88. The van der Waals surface area contributed by atoms with E-state index in [1.54, 1.807) is 12.5 Å². The molecule has 1 fully saturated rings. The quantitative estimate of drug-likeness (QED) is 0.919. The summed E-state index contributed by atoms with van der Waals surface area (Å²) >= 11 is 3.42. The van der Waals surface area contributed by atoms with Crippen molar-refractivity contribution in [1.82, 2.24) is 14.3 Å². The monoisotopic (exact) mass is 325 g/mol. The Balaban J connectivity index is 1.82. The molecular weight excluding hydrogens is 314 g/mol. The van der Waals surface area contributed by atoms with Gasteiger partial charge >= 0.3 is 6.09 Å².